The number of esters is 2. The molecule has 0 saturated carbocycles. The maximum Gasteiger partial charge on any atom is 0.481 e. The Hall–Kier alpha value is -3.32. The molecule has 2 rings (SSSR count). The molecule has 0 bridgehead atoms. The van der Waals surface area contributed by atoms with Crippen molar-refractivity contribution < 1.29 is 71.4 Å². The van der Waals surface area contributed by atoms with Crippen molar-refractivity contribution in [2.24, 2.45) is 5.92 Å². The highest BCUT2D eigenvalue weighted by molar-refractivity contribution is 7.61. The maximum absolute atomic E-state index is 12.9. The van der Waals surface area contributed by atoms with Gasteiger partial charge in [-0.05, 0) is 56.9 Å². The summed E-state index contributed by atoms with van der Waals surface area (Å²) < 4.78 is 56.8. The molecule has 7 N–H and O–H groups in total. The number of hydrogen-bond acceptors (Lipinski definition) is 16. The number of phosphoric acid groups is 2. The van der Waals surface area contributed by atoms with Crippen LogP contribution in [0.1, 0.15) is 200 Å². The number of allylic oxidation sites excluding steroid dienone is 7. The maximum atomic E-state index is 12.9. The first-order valence-electron chi connectivity index (χ1n) is 27.6. The molecule has 1 aromatic rings. The van der Waals surface area contributed by atoms with Crippen LogP contribution >= 0.6 is 15.6 Å². The first-order valence-corrected chi connectivity index (χ1v) is 30.6. The Morgan fingerprint density at radius 3 is 1.92 bits per heavy atom. The van der Waals surface area contributed by atoms with Crippen LogP contribution < -0.4 is 11.4 Å². The topological polar surface area (TPSA) is 286 Å². The molecule has 0 spiro atoms. The molecule has 8 atom stereocenters. The summed E-state index contributed by atoms with van der Waals surface area (Å²) in [5.41, 5.74) is 4.58. The van der Waals surface area contributed by atoms with E-state index < -0.39 is 89.8 Å². The van der Waals surface area contributed by atoms with Crippen LogP contribution in [-0.4, -0.2) is 96.9 Å². The third kappa shape index (κ3) is 34.2. The van der Waals surface area contributed by atoms with E-state index in [0.717, 1.165) is 61.6 Å². The molecule has 0 aliphatic carbocycles. The standard InChI is InChI=1S/C54H93N3O16P2/c1-4-5-6-7-8-9-10-15-19-22-25-28-31-35-45(58)36-33-38-49(59)68-41-46(71-50(60)37-32-29-26-23-20-17-14-12-11-13-16-18-21-24-27-30-34-44(2)3)42-69-74(64,65)73-75(66,67)70-43-47-51(61)52(62)53(72-47)57-40-39-48(55)56-54(57)63/h8-9,15,19,25,28,31,35,39-40,44-47,51-53,58,61-62H,4-7,10-14,16-18,20-24,26-27,29-30,32-34,36-38,41-43H2,1-3H3,(H,64,65)(H,66,67)(H2,55,56,63)/b9-8-,19-15-,28-25-,35-31+/t45-,46-,47-,51-,52-,53-/m1/s1. The van der Waals surface area contributed by atoms with Crippen molar-refractivity contribution >= 4 is 33.4 Å². The molecule has 19 nitrogen and oxygen atoms in total. The Morgan fingerprint density at radius 2 is 1.31 bits per heavy atom. The average Bonchev–Trinajstić information content (AvgIpc) is 3.63. The summed E-state index contributed by atoms with van der Waals surface area (Å²) in [5, 5.41) is 31.3. The average molecular weight is 1100 g/mol. The van der Waals surface area contributed by atoms with Gasteiger partial charge in [0.2, 0.25) is 0 Å². The molecule has 0 amide bonds. The van der Waals surface area contributed by atoms with Gasteiger partial charge in [-0.25, -0.2) is 13.9 Å². The molecule has 430 valence electrons. The van der Waals surface area contributed by atoms with E-state index in [1.807, 2.05) is 12.2 Å². The summed E-state index contributed by atoms with van der Waals surface area (Å²) in [5.74, 6) is -0.700. The number of phosphoric ester groups is 2. The van der Waals surface area contributed by atoms with Crippen molar-refractivity contribution in [3.8, 4) is 0 Å². The van der Waals surface area contributed by atoms with Gasteiger partial charge in [0.1, 0.15) is 30.7 Å². The number of carbonyl (C=O) groups excluding carboxylic acids is 2. The predicted octanol–water partition coefficient (Wildman–Crippen LogP) is 10.9. The van der Waals surface area contributed by atoms with E-state index in [2.05, 4.69) is 54.4 Å². The lowest BCUT2D eigenvalue weighted by molar-refractivity contribution is -0.161. The van der Waals surface area contributed by atoms with Gasteiger partial charge in [0.25, 0.3) is 0 Å². The lowest BCUT2D eigenvalue weighted by Gasteiger charge is -2.21. The van der Waals surface area contributed by atoms with Gasteiger partial charge in [-0.3, -0.25) is 23.2 Å². The largest absolute Gasteiger partial charge is 0.481 e. The van der Waals surface area contributed by atoms with Gasteiger partial charge in [-0.1, -0.05) is 185 Å². The molecule has 1 aromatic heterocycles. The number of aliphatic hydroxyl groups is 3. The van der Waals surface area contributed by atoms with Crippen LogP contribution in [0, 0.1) is 5.92 Å². The van der Waals surface area contributed by atoms with Gasteiger partial charge >= 0.3 is 33.3 Å². The molecule has 2 unspecified atom stereocenters. The SMILES string of the molecule is CCCCC/C=C\C/C=C\C/C=C\C=C\[C@@H](O)CCCC(=O)OC[C@H](COP(=O)(O)OP(=O)(O)OC[C@H]1O[C@@H](n2ccc(N)nc2=O)[C@H](O)[C@@H]1O)OC(=O)CCCCCCCCCCCCCCCCCCC(C)C. The van der Waals surface area contributed by atoms with E-state index in [1.165, 1.54) is 102 Å². The summed E-state index contributed by atoms with van der Waals surface area (Å²) >= 11 is 0. The number of carbonyl (C=O) groups is 2. The molecule has 1 fully saturated rings. The third-order valence-electron chi connectivity index (χ3n) is 12.4. The van der Waals surface area contributed by atoms with Gasteiger partial charge < -0.3 is 45.1 Å². The summed E-state index contributed by atoms with van der Waals surface area (Å²) in [7, 11) is -10.9. The molecule has 75 heavy (non-hydrogen) atoms. The second kappa shape index (κ2) is 40.8. The van der Waals surface area contributed by atoms with E-state index in [1.54, 1.807) is 12.2 Å². The monoisotopic (exact) mass is 1100 g/mol. The number of nitrogen functional groups attached to an aromatic ring is 1. The lowest BCUT2D eigenvalue weighted by atomic mass is 10.0. The zero-order valence-electron chi connectivity index (χ0n) is 45.1. The normalized spacial score (nSPS) is 19.6. The minimum absolute atomic E-state index is 0.0115. The highest BCUT2D eigenvalue weighted by Gasteiger charge is 2.46. The first kappa shape index (κ1) is 67.8. The number of aliphatic hydroxyl groups excluding tert-OH is 3. The Morgan fingerprint density at radius 1 is 0.733 bits per heavy atom. The molecule has 0 aromatic carbocycles. The van der Waals surface area contributed by atoms with Crippen molar-refractivity contribution in [1.82, 2.24) is 9.55 Å². The summed E-state index contributed by atoms with van der Waals surface area (Å²) in [6.45, 7) is 4.29. The first-order chi connectivity index (χ1) is 35.9. The molecule has 0 radical (unpaired) electrons. The fraction of sp³-hybridized carbons (Fsp3) is 0.741. The number of aromatic nitrogens is 2. The zero-order valence-corrected chi connectivity index (χ0v) is 46.9. The number of unbranched alkanes of at least 4 members (excludes halogenated alkanes) is 18. The van der Waals surface area contributed by atoms with Crippen LogP contribution in [-0.2, 0) is 46.3 Å². The van der Waals surface area contributed by atoms with Crippen LogP contribution in [0.15, 0.2) is 65.7 Å². The quantitative estimate of drug-likeness (QED) is 0.0116. The second-order valence-electron chi connectivity index (χ2n) is 19.8. The highest BCUT2D eigenvalue weighted by atomic mass is 31.3. The van der Waals surface area contributed by atoms with Gasteiger partial charge in [0, 0.05) is 19.0 Å². The lowest BCUT2D eigenvalue weighted by Crippen LogP contribution is -2.36. The second-order valence-corrected chi connectivity index (χ2v) is 22.8. The fourth-order valence-electron chi connectivity index (χ4n) is 8.13. The van der Waals surface area contributed by atoms with Crippen molar-refractivity contribution in [3.05, 3.63) is 71.4 Å². The number of ether oxygens (including phenoxy) is 3. The molecular weight excluding hydrogens is 1010 g/mol. The van der Waals surface area contributed by atoms with Crippen molar-refractivity contribution in [3.63, 3.8) is 0 Å². The number of nitrogens with two attached hydrogens (primary N) is 1. The van der Waals surface area contributed by atoms with Crippen LogP contribution in [0.25, 0.3) is 0 Å². The van der Waals surface area contributed by atoms with Gasteiger partial charge in [0.05, 0.1) is 19.3 Å². The molecule has 2 heterocycles. The molecule has 1 aliphatic rings. The number of hydrogen-bond donors (Lipinski definition) is 6. The number of anilines is 1. The van der Waals surface area contributed by atoms with Gasteiger partial charge in [-0.2, -0.15) is 9.29 Å². The molecule has 21 heteroatoms. The Kier molecular flexibility index (Phi) is 36.9. The van der Waals surface area contributed by atoms with Crippen LogP contribution in [0.4, 0.5) is 5.82 Å². The van der Waals surface area contributed by atoms with E-state index >= 15 is 0 Å². The Bertz CT molecular complexity index is 1980. The Balaban J connectivity index is 1.82. The zero-order chi connectivity index (χ0) is 55.2. The van der Waals surface area contributed by atoms with E-state index in [9.17, 15) is 48.6 Å². The minimum Gasteiger partial charge on any atom is -0.462 e. The molecule has 1 saturated heterocycles. The number of rotatable bonds is 45. The van der Waals surface area contributed by atoms with Crippen LogP contribution in [0.2, 0.25) is 0 Å². The molecule has 1 aliphatic heterocycles. The van der Waals surface area contributed by atoms with Crippen molar-refractivity contribution in [2.75, 3.05) is 25.6 Å². The van der Waals surface area contributed by atoms with E-state index in [0.29, 0.717) is 6.42 Å². The van der Waals surface area contributed by atoms with E-state index in [4.69, 9.17) is 29.0 Å². The fourth-order valence-corrected chi connectivity index (χ4v) is 10.2. The van der Waals surface area contributed by atoms with Crippen LogP contribution in [0.5, 0.6) is 0 Å². The van der Waals surface area contributed by atoms with Crippen molar-refractivity contribution in [2.45, 2.75) is 231 Å². The van der Waals surface area contributed by atoms with Gasteiger partial charge in [0.15, 0.2) is 12.3 Å². The predicted molar refractivity (Wildman–Crippen MR) is 290 cm³/mol. The van der Waals surface area contributed by atoms with Gasteiger partial charge in [-0.15, -0.1) is 0 Å². The summed E-state index contributed by atoms with van der Waals surface area (Å²) in [6, 6.07) is 1.24. The summed E-state index contributed by atoms with van der Waals surface area (Å²) in [6.07, 6.45) is 35.0. The minimum atomic E-state index is -5.46. The Labute approximate surface area is 446 Å². The van der Waals surface area contributed by atoms with Crippen molar-refractivity contribution in [1.29, 1.82) is 0 Å². The van der Waals surface area contributed by atoms with Crippen LogP contribution in [0.3, 0.4) is 0 Å². The van der Waals surface area contributed by atoms with E-state index in [-0.39, 0.29) is 31.5 Å². The smallest absolute Gasteiger partial charge is 0.462 e. The number of nitrogens with zero attached hydrogens (tertiary/aromatic N) is 2. The molecular formula is C54H93N3O16P2. The highest BCUT2D eigenvalue weighted by Crippen LogP contribution is 2.60. The summed E-state index contributed by atoms with van der Waals surface area (Å²) in [4.78, 5) is 62.1. The third-order valence-corrected chi connectivity index (χ3v) is 15.1.